The number of halogens is 3. The van der Waals surface area contributed by atoms with Crippen LogP contribution < -0.4 is 0 Å². The highest BCUT2D eigenvalue weighted by Gasteiger charge is 2.27. The molecule has 0 N–H and O–H groups in total. The summed E-state index contributed by atoms with van der Waals surface area (Å²) in [5.41, 5.74) is 0.200. The molecule has 0 aromatic heterocycles. The third-order valence-electron chi connectivity index (χ3n) is 1.46. The largest absolute Gasteiger partial charge is 0.393 e. The van der Waals surface area contributed by atoms with E-state index >= 15 is 0 Å². The van der Waals surface area contributed by atoms with E-state index in [1.807, 2.05) is 0 Å². The van der Waals surface area contributed by atoms with Crippen LogP contribution in [0, 0.1) is 0 Å². The van der Waals surface area contributed by atoms with Gasteiger partial charge in [-0.15, -0.1) is 0 Å². The molecule has 0 aliphatic carbocycles. The summed E-state index contributed by atoms with van der Waals surface area (Å²) in [6.07, 6.45) is 3.10. The second kappa shape index (κ2) is 6.24. The van der Waals surface area contributed by atoms with Crippen LogP contribution in [0.3, 0.4) is 0 Å². The number of hydrogen-bond donors (Lipinski definition) is 0. The Hall–Kier alpha value is -1.25. The Morgan fingerprint density at radius 1 is 1.21 bits per heavy atom. The molecular formula is C11H13F3. The van der Waals surface area contributed by atoms with E-state index in [0.29, 0.717) is 6.42 Å². The summed E-state index contributed by atoms with van der Waals surface area (Å²) in [4.78, 5) is 0. The molecular weight excluding hydrogens is 189 g/mol. The average molecular weight is 202 g/mol. The monoisotopic (exact) mass is 202 g/mol. The lowest BCUT2D eigenvalue weighted by Crippen LogP contribution is -2.07. The summed E-state index contributed by atoms with van der Waals surface area (Å²) in [6, 6.07) is 0. The van der Waals surface area contributed by atoms with E-state index in [1.54, 1.807) is 18.2 Å². The first-order valence-corrected chi connectivity index (χ1v) is 4.15. The quantitative estimate of drug-likeness (QED) is 0.586. The second-order valence-electron chi connectivity index (χ2n) is 2.67. The molecule has 14 heavy (non-hydrogen) atoms. The lowest BCUT2D eigenvalue weighted by Gasteiger charge is -2.05. The van der Waals surface area contributed by atoms with Crippen molar-refractivity contribution in [1.29, 1.82) is 0 Å². The molecule has 0 unspecified atom stereocenters. The molecule has 0 saturated carbocycles. The van der Waals surface area contributed by atoms with Gasteiger partial charge in [0.25, 0.3) is 0 Å². The van der Waals surface area contributed by atoms with E-state index in [1.165, 1.54) is 12.2 Å². The van der Waals surface area contributed by atoms with Gasteiger partial charge in [-0.2, -0.15) is 13.2 Å². The van der Waals surface area contributed by atoms with Gasteiger partial charge in [-0.05, 0) is 12.0 Å². The molecule has 0 nitrogen and oxygen atoms in total. The first kappa shape index (κ1) is 12.8. The molecule has 0 aromatic carbocycles. The van der Waals surface area contributed by atoms with Crippen molar-refractivity contribution in [3.05, 3.63) is 49.1 Å². The SMILES string of the molecule is C=CC=CC/C=C(\C=C)CC(F)(F)F. The second-order valence-corrected chi connectivity index (χ2v) is 2.67. The summed E-state index contributed by atoms with van der Waals surface area (Å²) in [5, 5.41) is 0. The van der Waals surface area contributed by atoms with Crippen LogP contribution in [-0.4, -0.2) is 6.18 Å². The Labute approximate surface area is 82.1 Å². The summed E-state index contributed by atoms with van der Waals surface area (Å²) in [7, 11) is 0. The zero-order valence-electron chi connectivity index (χ0n) is 7.85. The van der Waals surface area contributed by atoms with E-state index in [9.17, 15) is 13.2 Å². The van der Waals surface area contributed by atoms with Crippen molar-refractivity contribution < 1.29 is 13.2 Å². The Morgan fingerprint density at radius 2 is 1.86 bits per heavy atom. The minimum atomic E-state index is -4.16. The van der Waals surface area contributed by atoms with Crippen molar-refractivity contribution in [3.8, 4) is 0 Å². The standard InChI is InChI=1S/C11H13F3/c1-3-5-6-7-8-10(4-2)9-11(12,13)14/h3-6,8H,1-2,7,9H2/b6-5?,10-8+. The fraction of sp³-hybridized carbons (Fsp3) is 0.273. The van der Waals surface area contributed by atoms with E-state index in [4.69, 9.17) is 0 Å². The van der Waals surface area contributed by atoms with Gasteiger partial charge in [-0.1, -0.05) is 43.5 Å². The van der Waals surface area contributed by atoms with Gasteiger partial charge in [0.2, 0.25) is 0 Å². The summed E-state index contributed by atoms with van der Waals surface area (Å²) in [5.74, 6) is 0. The lowest BCUT2D eigenvalue weighted by molar-refractivity contribution is -0.126. The highest BCUT2D eigenvalue weighted by atomic mass is 19.4. The van der Waals surface area contributed by atoms with Crippen molar-refractivity contribution >= 4 is 0 Å². The van der Waals surface area contributed by atoms with Gasteiger partial charge >= 0.3 is 6.18 Å². The summed E-state index contributed by atoms with van der Waals surface area (Å²) < 4.78 is 35.8. The third-order valence-corrected chi connectivity index (χ3v) is 1.46. The molecule has 0 bridgehead atoms. The van der Waals surface area contributed by atoms with Crippen molar-refractivity contribution in [2.75, 3.05) is 0 Å². The smallest absolute Gasteiger partial charge is 0.171 e. The van der Waals surface area contributed by atoms with Crippen LogP contribution in [0.4, 0.5) is 13.2 Å². The molecule has 0 heterocycles. The summed E-state index contributed by atoms with van der Waals surface area (Å²) in [6.45, 7) is 6.78. The Kier molecular flexibility index (Phi) is 5.68. The molecule has 78 valence electrons. The van der Waals surface area contributed by atoms with Gasteiger partial charge in [0.1, 0.15) is 0 Å². The number of hydrogen-bond acceptors (Lipinski definition) is 0. The van der Waals surface area contributed by atoms with E-state index in [-0.39, 0.29) is 5.57 Å². The molecule has 0 radical (unpaired) electrons. The molecule has 0 rings (SSSR count). The van der Waals surface area contributed by atoms with Crippen molar-refractivity contribution in [3.63, 3.8) is 0 Å². The first-order valence-electron chi connectivity index (χ1n) is 4.15. The molecule has 0 amide bonds. The number of alkyl halides is 3. The normalized spacial score (nSPS) is 13.2. The molecule has 0 aliphatic heterocycles. The van der Waals surface area contributed by atoms with Gasteiger partial charge in [0, 0.05) is 0 Å². The Balaban J connectivity index is 4.19. The average Bonchev–Trinajstić information content (AvgIpc) is 2.08. The molecule has 0 spiro atoms. The lowest BCUT2D eigenvalue weighted by atomic mass is 10.1. The molecule has 3 heteroatoms. The van der Waals surface area contributed by atoms with Crippen LogP contribution in [0.1, 0.15) is 12.8 Å². The van der Waals surface area contributed by atoms with Gasteiger partial charge < -0.3 is 0 Å². The van der Waals surface area contributed by atoms with E-state index in [2.05, 4.69) is 13.2 Å². The van der Waals surface area contributed by atoms with Crippen LogP contribution in [0.2, 0.25) is 0 Å². The minimum Gasteiger partial charge on any atom is -0.171 e. The topological polar surface area (TPSA) is 0 Å². The van der Waals surface area contributed by atoms with Crippen LogP contribution in [0.25, 0.3) is 0 Å². The van der Waals surface area contributed by atoms with Gasteiger partial charge in [-0.3, -0.25) is 0 Å². The predicted octanol–water partition coefficient (Wildman–Crippen LogP) is 4.18. The highest BCUT2D eigenvalue weighted by molar-refractivity contribution is 5.18. The number of allylic oxidation sites excluding steroid dienone is 6. The van der Waals surface area contributed by atoms with E-state index < -0.39 is 12.6 Å². The Morgan fingerprint density at radius 3 is 2.29 bits per heavy atom. The van der Waals surface area contributed by atoms with Crippen molar-refractivity contribution in [2.24, 2.45) is 0 Å². The van der Waals surface area contributed by atoms with E-state index in [0.717, 1.165) is 0 Å². The van der Waals surface area contributed by atoms with Crippen molar-refractivity contribution in [2.45, 2.75) is 19.0 Å². The molecule has 0 atom stereocenters. The molecule has 0 aromatic rings. The molecule has 0 saturated heterocycles. The van der Waals surface area contributed by atoms with Gasteiger partial charge in [0.15, 0.2) is 0 Å². The zero-order valence-corrected chi connectivity index (χ0v) is 7.85. The van der Waals surface area contributed by atoms with Crippen LogP contribution in [0.15, 0.2) is 49.1 Å². The predicted molar refractivity (Wildman–Crippen MR) is 52.9 cm³/mol. The molecule has 0 aliphatic rings. The maximum absolute atomic E-state index is 11.9. The van der Waals surface area contributed by atoms with Crippen molar-refractivity contribution in [1.82, 2.24) is 0 Å². The number of rotatable bonds is 5. The maximum Gasteiger partial charge on any atom is 0.393 e. The minimum absolute atomic E-state index is 0.200. The fourth-order valence-electron chi connectivity index (χ4n) is 0.853. The first-order chi connectivity index (χ1) is 6.49. The molecule has 0 fully saturated rings. The third kappa shape index (κ3) is 7.40. The van der Waals surface area contributed by atoms with Gasteiger partial charge in [0.05, 0.1) is 6.42 Å². The van der Waals surface area contributed by atoms with Crippen LogP contribution in [0.5, 0.6) is 0 Å². The maximum atomic E-state index is 11.9. The zero-order chi connectivity index (χ0) is 11.0. The summed E-state index contributed by atoms with van der Waals surface area (Å²) >= 11 is 0. The fourth-order valence-corrected chi connectivity index (χ4v) is 0.853. The Bertz CT molecular complexity index is 244. The highest BCUT2D eigenvalue weighted by Crippen LogP contribution is 2.25. The van der Waals surface area contributed by atoms with Crippen LogP contribution in [-0.2, 0) is 0 Å². The van der Waals surface area contributed by atoms with Gasteiger partial charge in [-0.25, -0.2) is 0 Å². The van der Waals surface area contributed by atoms with Crippen LogP contribution >= 0.6 is 0 Å².